The third-order valence-corrected chi connectivity index (χ3v) is 9.69. The third-order valence-electron chi connectivity index (χ3n) is 7.53. The van der Waals surface area contributed by atoms with Crippen LogP contribution in [0.2, 0.25) is 0 Å². The van der Waals surface area contributed by atoms with Crippen molar-refractivity contribution in [3.05, 3.63) is 159 Å². The van der Waals surface area contributed by atoms with E-state index in [1.807, 2.05) is 71.3 Å². The van der Waals surface area contributed by atoms with Crippen LogP contribution >= 0.6 is 43.2 Å². The van der Waals surface area contributed by atoms with E-state index in [2.05, 4.69) is 68.3 Å². The number of allylic oxidation sites excluding steroid dienone is 1. The molecule has 7 heteroatoms. The topological polar surface area (TPSA) is 43.6 Å². The predicted octanol–water partition coefficient (Wildman–Crippen LogP) is 7.42. The highest BCUT2D eigenvalue weighted by molar-refractivity contribution is 9.11. The molecule has 2 heterocycles. The molecule has 0 saturated heterocycles. The van der Waals surface area contributed by atoms with Crippen molar-refractivity contribution in [1.82, 2.24) is 4.57 Å². The van der Waals surface area contributed by atoms with E-state index in [1.54, 1.807) is 0 Å². The number of halogens is 2. The normalized spacial score (nSPS) is 16.0. The van der Waals surface area contributed by atoms with Crippen molar-refractivity contribution >= 4 is 55.0 Å². The van der Waals surface area contributed by atoms with Gasteiger partial charge >= 0.3 is 0 Å². The molecule has 1 aliphatic heterocycles. The Labute approximate surface area is 258 Å². The molecule has 0 radical (unpaired) electrons. The highest BCUT2D eigenvalue weighted by Crippen LogP contribution is 2.41. The summed E-state index contributed by atoms with van der Waals surface area (Å²) in [7, 11) is 0. The second kappa shape index (κ2) is 11.0. The minimum absolute atomic E-state index is 0.0235. The van der Waals surface area contributed by atoms with Gasteiger partial charge < -0.3 is 4.74 Å². The summed E-state index contributed by atoms with van der Waals surface area (Å²) in [6.07, 6.45) is 3.77. The minimum Gasteiger partial charge on any atom is -0.487 e. The van der Waals surface area contributed by atoms with Gasteiger partial charge in [-0.1, -0.05) is 96.3 Å². The molecule has 202 valence electrons. The fourth-order valence-electron chi connectivity index (χ4n) is 5.64. The van der Waals surface area contributed by atoms with Crippen LogP contribution in [0.1, 0.15) is 40.3 Å². The molecule has 1 aromatic heterocycles. The summed E-state index contributed by atoms with van der Waals surface area (Å²) >= 11 is 8.80. The van der Waals surface area contributed by atoms with Crippen molar-refractivity contribution in [3.63, 3.8) is 0 Å². The third kappa shape index (κ3) is 4.96. The minimum atomic E-state index is -0.176. The lowest BCUT2D eigenvalue weighted by atomic mass is 9.83. The second-order valence-corrected chi connectivity index (χ2v) is 12.8. The maximum Gasteiger partial charge on any atom is 0.271 e. The van der Waals surface area contributed by atoms with Crippen LogP contribution in [0.4, 0.5) is 0 Å². The molecule has 0 fully saturated rings. The van der Waals surface area contributed by atoms with E-state index in [0.717, 1.165) is 54.7 Å². The van der Waals surface area contributed by atoms with Gasteiger partial charge in [-0.2, -0.15) is 0 Å². The van der Waals surface area contributed by atoms with Gasteiger partial charge in [0.15, 0.2) is 4.80 Å². The van der Waals surface area contributed by atoms with Crippen LogP contribution in [0.5, 0.6) is 5.75 Å². The zero-order chi connectivity index (χ0) is 27.9. The Bertz CT molecular complexity index is 1970. The Balaban J connectivity index is 1.32. The highest BCUT2D eigenvalue weighted by Gasteiger charge is 2.32. The summed E-state index contributed by atoms with van der Waals surface area (Å²) in [6, 6.07) is 32.7. The fourth-order valence-corrected chi connectivity index (χ4v) is 8.09. The van der Waals surface area contributed by atoms with Crippen molar-refractivity contribution in [2.45, 2.75) is 25.5 Å². The number of rotatable bonds is 5. The highest BCUT2D eigenvalue weighted by atomic mass is 79.9. The summed E-state index contributed by atoms with van der Waals surface area (Å²) in [5.74, 6) is 0.725. The molecule has 0 amide bonds. The van der Waals surface area contributed by atoms with Crippen LogP contribution in [0, 0.1) is 0 Å². The van der Waals surface area contributed by atoms with Gasteiger partial charge in [0.2, 0.25) is 0 Å². The number of thiazole rings is 1. The largest absolute Gasteiger partial charge is 0.487 e. The molecular weight excluding hydrogens is 660 g/mol. The molecule has 5 aromatic rings. The maximum absolute atomic E-state index is 14.0. The lowest BCUT2D eigenvalue weighted by Crippen LogP contribution is -2.38. The lowest BCUT2D eigenvalue weighted by molar-refractivity contribution is 0.302. The number of ether oxygens (including phenoxy) is 1. The fraction of sp³-hybridized carbons (Fsp3) is 0.118. The molecule has 1 atom stereocenters. The average Bonchev–Trinajstić information content (AvgIpc) is 3.30. The zero-order valence-corrected chi connectivity index (χ0v) is 25.9. The second-order valence-electron chi connectivity index (χ2n) is 10.1. The smallest absolute Gasteiger partial charge is 0.271 e. The molecule has 2 aliphatic rings. The van der Waals surface area contributed by atoms with Crippen LogP contribution in [0.15, 0.2) is 121 Å². The molecule has 1 aliphatic carbocycles. The van der Waals surface area contributed by atoms with E-state index in [0.29, 0.717) is 11.1 Å². The van der Waals surface area contributed by atoms with E-state index in [9.17, 15) is 4.79 Å². The number of aryl methyl sites for hydroxylation is 1. The quantitative estimate of drug-likeness (QED) is 0.194. The van der Waals surface area contributed by atoms with Gasteiger partial charge in [-0.15, -0.1) is 0 Å². The van der Waals surface area contributed by atoms with Crippen molar-refractivity contribution in [2.75, 3.05) is 0 Å². The number of aromatic nitrogens is 1. The zero-order valence-electron chi connectivity index (χ0n) is 21.9. The first kappa shape index (κ1) is 26.4. The molecule has 41 heavy (non-hydrogen) atoms. The summed E-state index contributed by atoms with van der Waals surface area (Å²) < 4.78 is 10.3. The molecule has 0 bridgehead atoms. The summed E-state index contributed by atoms with van der Waals surface area (Å²) in [5, 5.41) is 0. The Kier molecular flexibility index (Phi) is 7.11. The molecule has 7 rings (SSSR count). The average molecular weight is 684 g/mol. The molecule has 0 saturated carbocycles. The molecular formula is C34H24Br2N2O2S. The maximum atomic E-state index is 14.0. The SMILES string of the molecule is O=c1/c(=C\c2cc(Br)c(OCc3ccccc3)c(Br)c2)sc2n1[C@@H](c1ccccc1)C1=C(N=2)c2ccccc2CC1. The summed E-state index contributed by atoms with van der Waals surface area (Å²) in [6.45, 7) is 0.462. The number of hydrogen-bond acceptors (Lipinski definition) is 4. The number of nitrogens with zero attached hydrogens (tertiary/aromatic N) is 2. The van der Waals surface area contributed by atoms with Crippen LogP contribution in [-0.4, -0.2) is 4.57 Å². The van der Waals surface area contributed by atoms with Crippen LogP contribution in [0.3, 0.4) is 0 Å². The first-order valence-electron chi connectivity index (χ1n) is 13.4. The van der Waals surface area contributed by atoms with Gasteiger partial charge in [0, 0.05) is 5.56 Å². The van der Waals surface area contributed by atoms with Gasteiger partial charge in [-0.05, 0) is 90.7 Å². The first-order valence-corrected chi connectivity index (χ1v) is 15.8. The van der Waals surface area contributed by atoms with E-state index in [4.69, 9.17) is 9.73 Å². The predicted molar refractivity (Wildman–Crippen MR) is 172 cm³/mol. The van der Waals surface area contributed by atoms with Crippen LogP contribution < -0.4 is 19.6 Å². The Hall–Kier alpha value is -3.52. The molecule has 4 nitrogen and oxygen atoms in total. The molecule has 0 N–H and O–H groups in total. The van der Waals surface area contributed by atoms with E-state index >= 15 is 0 Å². The van der Waals surface area contributed by atoms with Gasteiger partial charge in [0.1, 0.15) is 12.4 Å². The monoisotopic (exact) mass is 682 g/mol. The summed E-state index contributed by atoms with van der Waals surface area (Å²) in [4.78, 5) is 19.9. The number of benzene rings is 4. The van der Waals surface area contributed by atoms with Crippen molar-refractivity contribution in [3.8, 4) is 5.75 Å². The van der Waals surface area contributed by atoms with Gasteiger partial charge in [-0.25, -0.2) is 4.99 Å². The van der Waals surface area contributed by atoms with Crippen LogP contribution in [-0.2, 0) is 13.0 Å². The van der Waals surface area contributed by atoms with Gasteiger partial charge in [0.05, 0.1) is 25.2 Å². The van der Waals surface area contributed by atoms with Crippen molar-refractivity contribution in [2.24, 2.45) is 4.99 Å². The first-order chi connectivity index (χ1) is 20.1. The Morgan fingerprint density at radius 2 is 1.59 bits per heavy atom. The lowest BCUT2D eigenvalue weighted by Gasteiger charge is -2.30. The van der Waals surface area contributed by atoms with Crippen LogP contribution in [0.25, 0.3) is 11.8 Å². The molecule has 0 spiro atoms. The van der Waals surface area contributed by atoms with Gasteiger partial charge in [-0.3, -0.25) is 9.36 Å². The van der Waals surface area contributed by atoms with Gasteiger partial charge in [0.25, 0.3) is 5.56 Å². The summed E-state index contributed by atoms with van der Waals surface area (Å²) in [5.41, 5.74) is 7.77. The standard InChI is InChI=1S/C34H24Br2N2O2S/c35-27-17-22(18-28(36)32(27)40-20-21-9-3-1-4-10-21)19-29-33(39)38-31(24-12-5-2-6-13-24)26-16-15-23-11-7-8-14-25(23)30(26)37-34(38)41-29/h1-14,17-19,31H,15-16,20H2/b29-19+/t31-/m0/s1. The van der Waals surface area contributed by atoms with E-state index in [-0.39, 0.29) is 11.6 Å². The Morgan fingerprint density at radius 1 is 0.902 bits per heavy atom. The Morgan fingerprint density at radius 3 is 2.34 bits per heavy atom. The van der Waals surface area contributed by atoms with Crippen molar-refractivity contribution in [1.29, 1.82) is 0 Å². The molecule has 0 unspecified atom stereocenters. The van der Waals surface area contributed by atoms with Crippen molar-refractivity contribution < 1.29 is 4.74 Å². The van der Waals surface area contributed by atoms with E-state index < -0.39 is 0 Å². The molecule has 4 aromatic carbocycles. The van der Waals surface area contributed by atoms with E-state index in [1.165, 1.54) is 28.0 Å². The number of hydrogen-bond donors (Lipinski definition) is 0. The number of fused-ring (bicyclic) bond motifs is 3.